The highest BCUT2D eigenvalue weighted by Crippen LogP contribution is 2.27. The van der Waals surface area contributed by atoms with Crippen LogP contribution >= 0.6 is 24.0 Å². The van der Waals surface area contributed by atoms with Crippen molar-refractivity contribution in [2.45, 2.75) is 38.3 Å². The zero-order chi connectivity index (χ0) is 22.8. The Morgan fingerprint density at radius 1 is 1.21 bits per heavy atom. The number of guanidine groups is 1. The molecule has 2 aliphatic heterocycles. The molecular weight excluding hydrogens is 533 g/mol. The van der Waals surface area contributed by atoms with Crippen molar-refractivity contribution in [3.63, 3.8) is 0 Å². The van der Waals surface area contributed by atoms with Crippen molar-refractivity contribution in [3.05, 3.63) is 29.8 Å². The minimum atomic E-state index is -0.888. The summed E-state index contributed by atoms with van der Waals surface area (Å²) < 4.78 is 10.9. The lowest BCUT2D eigenvalue weighted by Crippen LogP contribution is -2.48. The number of ether oxygens (including phenoxy) is 2. The van der Waals surface area contributed by atoms with Gasteiger partial charge in [-0.05, 0) is 57.5 Å². The van der Waals surface area contributed by atoms with E-state index in [-0.39, 0.29) is 30.0 Å². The zero-order valence-electron chi connectivity index (χ0n) is 20.4. The fourth-order valence-electron chi connectivity index (χ4n) is 4.44. The number of hydrogen-bond acceptors (Lipinski definition) is 6. The highest BCUT2D eigenvalue weighted by Gasteiger charge is 2.26. The second kappa shape index (κ2) is 14.3. The summed E-state index contributed by atoms with van der Waals surface area (Å²) in [6, 6.07) is 8.58. The van der Waals surface area contributed by atoms with E-state index in [9.17, 15) is 5.11 Å². The Morgan fingerprint density at radius 2 is 1.94 bits per heavy atom. The number of aliphatic hydroxyl groups is 1. The van der Waals surface area contributed by atoms with E-state index in [1.54, 1.807) is 7.11 Å². The molecule has 0 amide bonds. The lowest BCUT2D eigenvalue weighted by molar-refractivity contribution is -0.0180. The summed E-state index contributed by atoms with van der Waals surface area (Å²) in [6.45, 7) is 11.7. The number of rotatable bonds is 10. The molecule has 1 aromatic carbocycles. The molecule has 2 heterocycles. The predicted octanol–water partition coefficient (Wildman–Crippen LogP) is 2.09. The second-order valence-electron chi connectivity index (χ2n) is 9.00. The van der Waals surface area contributed by atoms with E-state index >= 15 is 0 Å². The Morgan fingerprint density at radius 3 is 2.61 bits per heavy atom. The van der Waals surface area contributed by atoms with Crippen LogP contribution in [0.5, 0.6) is 5.75 Å². The van der Waals surface area contributed by atoms with Crippen LogP contribution in [0, 0.1) is 0 Å². The lowest BCUT2D eigenvalue weighted by atomic mass is 10.0. The van der Waals surface area contributed by atoms with Gasteiger partial charge in [-0.3, -0.25) is 14.8 Å². The van der Waals surface area contributed by atoms with Gasteiger partial charge in [0.05, 0.1) is 38.5 Å². The first-order valence-electron chi connectivity index (χ1n) is 11.9. The van der Waals surface area contributed by atoms with E-state index in [4.69, 9.17) is 14.5 Å². The van der Waals surface area contributed by atoms with Crippen molar-refractivity contribution in [2.75, 3.05) is 72.7 Å². The molecule has 3 N–H and O–H groups in total. The van der Waals surface area contributed by atoms with Crippen LogP contribution in [0.3, 0.4) is 0 Å². The Hall–Kier alpha value is -1.14. The standard InChI is InChI=1S/C24H41N5O3.HI/c1-4-25-23(27-18-24(2,30)19-28-12-14-32-15-13-28)26-17-22(29-10-5-6-11-29)20-8-7-9-21(16-20)31-3;/h7-9,16,22,30H,4-6,10-15,17-19H2,1-3H3,(H2,25,26,27);1H. The van der Waals surface area contributed by atoms with E-state index in [1.165, 1.54) is 18.4 Å². The minimum absolute atomic E-state index is 0. The molecule has 2 fully saturated rings. The van der Waals surface area contributed by atoms with Crippen molar-refractivity contribution < 1.29 is 14.6 Å². The first kappa shape index (κ1) is 28.1. The van der Waals surface area contributed by atoms with Gasteiger partial charge in [-0.15, -0.1) is 24.0 Å². The Kier molecular flexibility index (Phi) is 12.2. The molecule has 0 bridgehead atoms. The average Bonchev–Trinajstić information content (AvgIpc) is 3.33. The van der Waals surface area contributed by atoms with Gasteiger partial charge in [-0.25, -0.2) is 0 Å². The summed E-state index contributed by atoms with van der Waals surface area (Å²) in [5.74, 6) is 1.62. The maximum Gasteiger partial charge on any atom is 0.191 e. The number of β-amino-alcohol motifs (C(OH)–C–C–N with tert-alkyl or cyclic N) is 1. The smallest absolute Gasteiger partial charge is 0.191 e. The van der Waals surface area contributed by atoms with Crippen LogP contribution in [0.2, 0.25) is 0 Å². The number of halogens is 1. The Balaban J connectivity index is 0.00000385. The molecule has 0 radical (unpaired) electrons. The highest BCUT2D eigenvalue weighted by molar-refractivity contribution is 14.0. The second-order valence-corrected chi connectivity index (χ2v) is 9.00. The summed E-state index contributed by atoms with van der Waals surface area (Å²) in [5, 5.41) is 17.8. The molecule has 0 aliphatic carbocycles. The summed E-state index contributed by atoms with van der Waals surface area (Å²) in [5.41, 5.74) is 0.356. The van der Waals surface area contributed by atoms with Crippen LogP contribution in [0.4, 0.5) is 0 Å². The van der Waals surface area contributed by atoms with E-state index in [2.05, 4.69) is 45.6 Å². The molecule has 1 aromatic rings. The van der Waals surface area contributed by atoms with E-state index in [0.29, 0.717) is 13.1 Å². The summed E-state index contributed by atoms with van der Waals surface area (Å²) in [7, 11) is 1.71. The third-order valence-corrected chi connectivity index (χ3v) is 6.11. The molecule has 3 rings (SSSR count). The Bertz CT molecular complexity index is 722. The molecule has 9 heteroatoms. The van der Waals surface area contributed by atoms with Crippen molar-refractivity contribution >= 4 is 29.9 Å². The summed E-state index contributed by atoms with van der Waals surface area (Å²) >= 11 is 0. The molecule has 2 saturated heterocycles. The van der Waals surface area contributed by atoms with E-state index < -0.39 is 5.60 Å². The van der Waals surface area contributed by atoms with Gasteiger partial charge in [-0.1, -0.05) is 12.1 Å². The monoisotopic (exact) mass is 575 g/mol. The molecule has 188 valence electrons. The molecule has 8 nitrogen and oxygen atoms in total. The fraction of sp³-hybridized carbons (Fsp3) is 0.708. The average molecular weight is 576 g/mol. The van der Waals surface area contributed by atoms with Gasteiger partial charge in [0.15, 0.2) is 5.96 Å². The van der Waals surface area contributed by atoms with Crippen LogP contribution in [0.25, 0.3) is 0 Å². The van der Waals surface area contributed by atoms with Gasteiger partial charge in [0.1, 0.15) is 5.75 Å². The maximum absolute atomic E-state index is 10.9. The van der Waals surface area contributed by atoms with Gasteiger partial charge < -0.3 is 25.2 Å². The highest BCUT2D eigenvalue weighted by atomic mass is 127. The van der Waals surface area contributed by atoms with E-state index in [1.807, 2.05) is 13.0 Å². The molecule has 33 heavy (non-hydrogen) atoms. The first-order chi connectivity index (χ1) is 15.5. The molecule has 2 aliphatic rings. The largest absolute Gasteiger partial charge is 0.497 e. The van der Waals surface area contributed by atoms with Crippen molar-refractivity contribution in [1.82, 2.24) is 20.4 Å². The number of aliphatic imine (C=N–C) groups is 1. The number of nitrogens with zero attached hydrogens (tertiary/aromatic N) is 3. The number of benzene rings is 1. The van der Waals surface area contributed by atoms with Gasteiger partial charge >= 0.3 is 0 Å². The summed E-state index contributed by atoms with van der Waals surface area (Å²) in [6.07, 6.45) is 2.47. The molecule has 0 aromatic heterocycles. The van der Waals surface area contributed by atoms with Crippen LogP contribution in [0.1, 0.15) is 38.3 Å². The van der Waals surface area contributed by atoms with Gasteiger partial charge in [0, 0.05) is 32.7 Å². The Labute approximate surface area is 216 Å². The van der Waals surface area contributed by atoms with Gasteiger partial charge in [0.25, 0.3) is 0 Å². The summed E-state index contributed by atoms with van der Waals surface area (Å²) in [4.78, 5) is 9.49. The van der Waals surface area contributed by atoms with Crippen molar-refractivity contribution in [1.29, 1.82) is 0 Å². The number of methoxy groups -OCH3 is 1. The normalized spacial score (nSPS) is 20.5. The van der Waals surface area contributed by atoms with Gasteiger partial charge in [0.2, 0.25) is 0 Å². The molecule has 0 saturated carbocycles. The lowest BCUT2D eigenvalue weighted by Gasteiger charge is -2.33. The molecule has 2 unspecified atom stereocenters. The topological polar surface area (TPSA) is 81.6 Å². The third kappa shape index (κ3) is 9.20. The van der Waals surface area contributed by atoms with Crippen LogP contribution in [-0.2, 0) is 4.74 Å². The van der Waals surface area contributed by atoms with Gasteiger partial charge in [-0.2, -0.15) is 0 Å². The zero-order valence-corrected chi connectivity index (χ0v) is 22.7. The molecule has 2 atom stereocenters. The van der Waals surface area contributed by atoms with E-state index in [0.717, 1.165) is 64.2 Å². The number of morpholine rings is 1. The van der Waals surface area contributed by atoms with Crippen molar-refractivity contribution in [3.8, 4) is 5.75 Å². The quantitative estimate of drug-likeness (QED) is 0.224. The fourth-order valence-corrected chi connectivity index (χ4v) is 4.44. The third-order valence-electron chi connectivity index (χ3n) is 6.11. The van der Waals surface area contributed by atoms with Crippen LogP contribution < -0.4 is 15.4 Å². The maximum atomic E-state index is 10.9. The SMILES string of the molecule is CCNC(=NCC(C)(O)CN1CCOCC1)NCC(c1cccc(OC)c1)N1CCCC1.I. The molecular formula is C24H42IN5O3. The number of likely N-dealkylation sites (tertiary alicyclic amines) is 1. The van der Waals surface area contributed by atoms with Crippen LogP contribution in [0.15, 0.2) is 29.3 Å². The number of hydrogen-bond donors (Lipinski definition) is 3. The van der Waals surface area contributed by atoms with Crippen molar-refractivity contribution in [2.24, 2.45) is 4.99 Å². The molecule has 0 spiro atoms. The van der Waals surface area contributed by atoms with Crippen LogP contribution in [-0.4, -0.2) is 99.1 Å². The predicted molar refractivity (Wildman–Crippen MR) is 144 cm³/mol. The number of nitrogens with one attached hydrogen (secondary N) is 2. The first-order valence-corrected chi connectivity index (χ1v) is 11.9. The minimum Gasteiger partial charge on any atom is -0.497 e.